The molecule has 1 unspecified atom stereocenters. The number of hydrogen-bond donors (Lipinski definition) is 0. The first-order valence-electron chi connectivity index (χ1n) is 12.1. The van der Waals surface area contributed by atoms with E-state index in [9.17, 15) is 14.4 Å². The monoisotopic (exact) mass is 536 g/mol. The van der Waals surface area contributed by atoms with Gasteiger partial charge in [0.25, 0.3) is 5.56 Å². The molecule has 0 spiro atoms. The van der Waals surface area contributed by atoms with Crippen molar-refractivity contribution in [3.63, 3.8) is 0 Å². The predicted molar refractivity (Wildman–Crippen MR) is 142 cm³/mol. The summed E-state index contributed by atoms with van der Waals surface area (Å²) in [6.45, 7) is 7.18. The van der Waals surface area contributed by atoms with Gasteiger partial charge >= 0.3 is 11.9 Å². The molecule has 0 radical (unpaired) electrons. The van der Waals surface area contributed by atoms with Gasteiger partial charge in [-0.15, -0.1) is 0 Å². The lowest BCUT2D eigenvalue weighted by Crippen LogP contribution is -2.39. The zero-order valence-electron chi connectivity index (χ0n) is 21.8. The smallest absolute Gasteiger partial charge is 0.338 e. The van der Waals surface area contributed by atoms with Crippen molar-refractivity contribution in [1.82, 2.24) is 4.57 Å². The molecular weight excluding hydrogens is 508 g/mol. The number of thiazole rings is 1. The van der Waals surface area contributed by atoms with Gasteiger partial charge in [0.2, 0.25) is 0 Å². The van der Waals surface area contributed by atoms with Gasteiger partial charge in [-0.05, 0) is 62.2 Å². The van der Waals surface area contributed by atoms with Gasteiger partial charge in [0.1, 0.15) is 5.75 Å². The van der Waals surface area contributed by atoms with Crippen molar-refractivity contribution in [3.05, 3.63) is 84.5 Å². The molecule has 0 amide bonds. The van der Waals surface area contributed by atoms with Gasteiger partial charge < -0.3 is 18.9 Å². The van der Waals surface area contributed by atoms with Gasteiger partial charge in [-0.3, -0.25) is 14.2 Å². The van der Waals surface area contributed by atoms with Gasteiger partial charge in [0, 0.05) is 6.92 Å². The first-order chi connectivity index (χ1) is 18.3. The van der Waals surface area contributed by atoms with E-state index < -0.39 is 18.0 Å². The molecule has 3 aromatic rings. The second kappa shape index (κ2) is 11.5. The highest BCUT2D eigenvalue weighted by molar-refractivity contribution is 7.07. The normalized spacial score (nSPS) is 15.0. The molecule has 38 heavy (non-hydrogen) atoms. The van der Waals surface area contributed by atoms with Crippen LogP contribution in [0.2, 0.25) is 0 Å². The molecule has 0 N–H and O–H groups in total. The Kier molecular flexibility index (Phi) is 8.11. The Balaban J connectivity index is 1.88. The number of rotatable bonds is 8. The fraction of sp³-hybridized carbons (Fsp3) is 0.286. The molecule has 0 fully saturated rings. The van der Waals surface area contributed by atoms with Crippen LogP contribution < -0.4 is 29.1 Å². The number of aromatic nitrogens is 1. The summed E-state index contributed by atoms with van der Waals surface area (Å²) in [4.78, 5) is 43.3. The maximum absolute atomic E-state index is 13.8. The Bertz CT molecular complexity index is 1580. The van der Waals surface area contributed by atoms with Crippen LogP contribution in [0.4, 0.5) is 0 Å². The van der Waals surface area contributed by atoms with Crippen molar-refractivity contribution >= 4 is 29.4 Å². The van der Waals surface area contributed by atoms with Crippen molar-refractivity contribution in [2.24, 2.45) is 4.99 Å². The summed E-state index contributed by atoms with van der Waals surface area (Å²) in [6.07, 6.45) is 1.72. The number of esters is 2. The Labute approximate surface area is 223 Å². The van der Waals surface area contributed by atoms with Crippen molar-refractivity contribution in [3.8, 4) is 17.2 Å². The number of fused-ring (bicyclic) bond motifs is 1. The highest BCUT2D eigenvalue weighted by Crippen LogP contribution is 2.32. The number of nitrogens with zero attached hydrogens (tertiary/aromatic N) is 2. The van der Waals surface area contributed by atoms with Gasteiger partial charge in [-0.2, -0.15) is 0 Å². The summed E-state index contributed by atoms with van der Waals surface area (Å²) in [5, 5.41) is 0. The maximum atomic E-state index is 13.8. The molecule has 1 atom stereocenters. The van der Waals surface area contributed by atoms with Crippen molar-refractivity contribution in [2.45, 2.75) is 33.7 Å². The van der Waals surface area contributed by atoms with Crippen molar-refractivity contribution < 1.29 is 28.5 Å². The lowest BCUT2D eigenvalue weighted by atomic mass is 9.96. The van der Waals surface area contributed by atoms with E-state index >= 15 is 0 Å². The van der Waals surface area contributed by atoms with E-state index in [1.807, 2.05) is 19.1 Å². The van der Waals surface area contributed by atoms with E-state index in [0.717, 1.165) is 5.56 Å². The number of hydrogen-bond acceptors (Lipinski definition) is 9. The average molecular weight is 537 g/mol. The molecule has 1 aliphatic heterocycles. The molecule has 0 saturated heterocycles. The molecule has 1 aliphatic rings. The average Bonchev–Trinajstić information content (AvgIpc) is 3.19. The van der Waals surface area contributed by atoms with E-state index in [-0.39, 0.29) is 12.2 Å². The first-order valence-corrected chi connectivity index (χ1v) is 12.9. The lowest BCUT2D eigenvalue weighted by molar-refractivity contribution is -0.139. The number of carbonyl (C=O) groups excluding carboxylic acids is 2. The molecule has 9 nitrogen and oxygen atoms in total. The Morgan fingerprint density at radius 3 is 2.45 bits per heavy atom. The summed E-state index contributed by atoms with van der Waals surface area (Å²) >= 11 is 1.22. The largest absolute Gasteiger partial charge is 0.497 e. The highest BCUT2D eigenvalue weighted by atomic mass is 32.1. The molecule has 0 bridgehead atoms. The summed E-state index contributed by atoms with van der Waals surface area (Å²) in [5.41, 5.74) is 1.89. The van der Waals surface area contributed by atoms with Gasteiger partial charge in [-0.1, -0.05) is 29.5 Å². The SMILES string of the molecule is CCOC(=O)C1=C(C)N=c2sc(=Cc3ccc(OC(C)=O)c(OCC)c3)c(=O)n2C1c1ccc(OC)cc1. The molecule has 0 aliphatic carbocycles. The van der Waals surface area contributed by atoms with Gasteiger partial charge in [-0.25, -0.2) is 9.79 Å². The summed E-state index contributed by atoms with van der Waals surface area (Å²) in [7, 11) is 1.57. The van der Waals surface area contributed by atoms with E-state index in [0.29, 0.717) is 50.0 Å². The van der Waals surface area contributed by atoms with Crippen molar-refractivity contribution in [2.75, 3.05) is 20.3 Å². The van der Waals surface area contributed by atoms with E-state index in [4.69, 9.17) is 18.9 Å². The second-order valence-corrected chi connectivity index (χ2v) is 9.32. The Hall–Kier alpha value is -4.18. The Morgan fingerprint density at radius 2 is 1.82 bits per heavy atom. The molecule has 0 saturated carbocycles. The van der Waals surface area contributed by atoms with Crippen LogP contribution in [-0.2, 0) is 14.3 Å². The van der Waals surface area contributed by atoms with Crippen LogP contribution in [0.25, 0.3) is 6.08 Å². The summed E-state index contributed by atoms with van der Waals surface area (Å²) < 4.78 is 23.4. The second-order valence-electron chi connectivity index (χ2n) is 8.31. The van der Waals surface area contributed by atoms with Crippen LogP contribution in [-0.4, -0.2) is 36.8 Å². The van der Waals surface area contributed by atoms with Gasteiger partial charge in [0.15, 0.2) is 16.3 Å². The zero-order valence-corrected chi connectivity index (χ0v) is 22.6. The van der Waals surface area contributed by atoms with Crippen LogP contribution in [0.3, 0.4) is 0 Å². The summed E-state index contributed by atoms with van der Waals surface area (Å²) in [5.74, 6) is 0.361. The third-order valence-electron chi connectivity index (χ3n) is 5.77. The molecular formula is C28H28N2O7S. The van der Waals surface area contributed by atoms with Crippen LogP contribution in [0, 0.1) is 0 Å². The summed E-state index contributed by atoms with van der Waals surface area (Å²) in [6, 6.07) is 11.5. The Morgan fingerprint density at radius 1 is 1.08 bits per heavy atom. The van der Waals surface area contributed by atoms with E-state index in [1.165, 1.54) is 22.8 Å². The minimum atomic E-state index is -0.719. The number of allylic oxidation sites excluding steroid dienone is 1. The van der Waals surface area contributed by atoms with Gasteiger partial charge in [0.05, 0.1) is 42.2 Å². The minimum Gasteiger partial charge on any atom is -0.497 e. The van der Waals surface area contributed by atoms with E-state index in [1.54, 1.807) is 57.4 Å². The molecule has 198 valence electrons. The van der Waals surface area contributed by atoms with E-state index in [2.05, 4.69) is 4.99 Å². The number of methoxy groups -OCH3 is 1. The predicted octanol–water partition coefficient (Wildman–Crippen LogP) is 3.13. The number of benzene rings is 2. The fourth-order valence-corrected chi connectivity index (χ4v) is 5.21. The van der Waals surface area contributed by atoms with Crippen LogP contribution >= 0.6 is 11.3 Å². The third kappa shape index (κ3) is 5.40. The third-order valence-corrected chi connectivity index (χ3v) is 6.75. The van der Waals surface area contributed by atoms with Crippen LogP contribution in [0.5, 0.6) is 17.2 Å². The van der Waals surface area contributed by atoms with Crippen molar-refractivity contribution in [1.29, 1.82) is 0 Å². The lowest BCUT2D eigenvalue weighted by Gasteiger charge is -2.24. The van der Waals surface area contributed by atoms with Crippen LogP contribution in [0.1, 0.15) is 44.9 Å². The number of ether oxygens (including phenoxy) is 4. The first kappa shape index (κ1) is 26.9. The number of carbonyl (C=O) groups is 2. The molecule has 1 aromatic heterocycles. The highest BCUT2D eigenvalue weighted by Gasteiger charge is 2.33. The molecule has 2 heterocycles. The quantitative estimate of drug-likeness (QED) is 0.322. The molecule has 2 aromatic carbocycles. The molecule has 4 rings (SSSR count). The van der Waals surface area contributed by atoms with Crippen LogP contribution in [0.15, 0.2) is 63.5 Å². The zero-order chi connectivity index (χ0) is 27.4. The fourth-order valence-electron chi connectivity index (χ4n) is 4.17. The topological polar surface area (TPSA) is 105 Å². The maximum Gasteiger partial charge on any atom is 0.338 e. The standard InChI is InChI=1S/C28H28N2O7S/c1-6-35-22-14-18(8-13-21(22)37-17(4)31)15-23-26(32)30-25(19-9-11-20(34-5)12-10-19)24(27(33)36-7-2)16(3)29-28(30)38-23/h8-15,25H,6-7H2,1-5H3. The minimum absolute atomic E-state index is 0.195. The molecule has 10 heteroatoms.